The Labute approximate surface area is 250 Å². The van der Waals surface area contributed by atoms with Crippen molar-refractivity contribution in [2.75, 3.05) is 4.90 Å². The molecule has 1 fully saturated rings. The molecular formula is C31H20ClF6NO5. The number of amides is 2. The fourth-order valence-corrected chi connectivity index (χ4v) is 7.00. The van der Waals surface area contributed by atoms with E-state index in [0.717, 1.165) is 0 Å². The fraction of sp³-hybridized carbons (Fsp3) is 0.290. The number of benzene rings is 2. The van der Waals surface area contributed by atoms with Crippen LogP contribution in [0.4, 0.5) is 32.0 Å². The number of phenols is 1. The fourth-order valence-electron chi connectivity index (χ4n) is 6.82. The van der Waals surface area contributed by atoms with Gasteiger partial charge in [0.2, 0.25) is 11.8 Å². The van der Waals surface area contributed by atoms with Crippen molar-refractivity contribution in [1.82, 2.24) is 0 Å². The second-order valence-electron chi connectivity index (χ2n) is 11.2. The van der Waals surface area contributed by atoms with Crippen molar-refractivity contribution in [3.05, 3.63) is 92.6 Å². The Kier molecular flexibility index (Phi) is 6.73. The molecule has 4 aliphatic rings. The predicted molar refractivity (Wildman–Crippen MR) is 143 cm³/mol. The van der Waals surface area contributed by atoms with Crippen molar-refractivity contribution in [2.45, 2.75) is 38.0 Å². The maximum Gasteiger partial charge on any atom is 0.416 e. The number of hydrogen-bond acceptors (Lipinski definition) is 5. The summed E-state index contributed by atoms with van der Waals surface area (Å²) in [5.74, 6) is -7.66. The summed E-state index contributed by atoms with van der Waals surface area (Å²) in [5.41, 5.74) is -3.42. The summed E-state index contributed by atoms with van der Waals surface area (Å²) in [6, 6.07) is 4.65. The number of halogens is 7. The summed E-state index contributed by atoms with van der Waals surface area (Å²) in [6.45, 7) is 1.43. The first-order chi connectivity index (χ1) is 20.5. The van der Waals surface area contributed by atoms with E-state index in [1.165, 1.54) is 31.2 Å². The molecular weight excluding hydrogens is 616 g/mol. The molecule has 2 amide bonds. The molecule has 0 spiro atoms. The number of imide groups is 1. The van der Waals surface area contributed by atoms with Gasteiger partial charge in [0.05, 0.1) is 28.7 Å². The van der Waals surface area contributed by atoms with E-state index < -0.39 is 76.2 Å². The summed E-state index contributed by atoms with van der Waals surface area (Å²) in [4.78, 5) is 54.5. The number of alkyl halides is 6. The van der Waals surface area contributed by atoms with Crippen molar-refractivity contribution >= 4 is 40.7 Å². The summed E-state index contributed by atoms with van der Waals surface area (Å²) in [7, 11) is 0. The lowest BCUT2D eigenvalue weighted by atomic mass is 9.59. The van der Waals surface area contributed by atoms with Gasteiger partial charge in [-0.3, -0.25) is 19.2 Å². The van der Waals surface area contributed by atoms with Crippen molar-refractivity contribution in [1.29, 1.82) is 0 Å². The van der Waals surface area contributed by atoms with Crippen molar-refractivity contribution in [3.8, 4) is 5.75 Å². The summed E-state index contributed by atoms with van der Waals surface area (Å²) < 4.78 is 81.6. The van der Waals surface area contributed by atoms with Gasteiger partial charge in [0.1, 0.15) is 5.75 Å². The van der Waals surface area contributed by atoms with Crippen LogP contribution in [-0.2, 0) is 31.5 Å². The maximum absolute atomic E-state index is 13.9. The molecule has 1 saturated heterocycles. The molecule has 6 nitrogen and oxygen atoms in total. The molecule has 0 saturated carbocycles. The highest BCUT2D eigenvalue weighted by Crippen LogP contribution is 2.56. The largest absolute Gasteiger partial charge is 0.508 e. The van der Waals surface area contributed by atoms with Crippen molar-refractivity contribution in [3.63, 3.8) is 0 Å². The average molecular weight is 636 g/mol. The van der Waals surface area contributed by atoms with Gasteiger partial charge in [-0.1, -0.05) is 23.3 Å². The number of ketones is 2. The molecule has 13 heteroatoms. The molecule has 2 aromatic rings. The molecule has 1 aliphatic heterocycles. The van der Waals surface area contributed by atoms with E-state index in [4.69, 9.17) is 11.6 Å². The zero-order valence-corrected chi connectivity index (χ0v) is 23.3. The predicted octanol–water partition coefficient (Wildman–Crippen LogP) is 6.72. The van der Waals surface area contributed by atoms with E-state index in [1.807, 2.05) is 0 Å². The van der Waals surface area contributed by atoms with Crippen LogP contribution in [0.3, 0.4) is 0 Å². The molecule has 4 atom stereocenters. The number of fused-ring (bicyclic) bond motifs is 3. The van der Waals surface area contributed by atoms with Crippen LogP contribution >= 0.6 is 11.6 Å². The minimum absolute atomic E-state index is 0.0549. The van der Waals surface area contributed by atoms with Crippen LogP contribution in [0.1, 0.15) is 42.4 Å². The highest BCUT2D eigenvalue weighted by molar-refractivity contribution is 6.30. The molecule has 6 rings (SSSR count). The average Bonchev–Trinajstić information content (AvgIpc) is 3.20. The van der Waals surface area contributed by atoms with E-state index in [2.05, 4.69) is 0 Å². The number of rotatable bonds is 2. The number of phenolic OH excluding ortho intramolecular Hbond substituents is 1. The molecule has 0 bridgehead atoms. The van der Waals surface area contributed by atoms with E-state index >= 15 is 0 Å². The molecule has 0 unspecified atom stereocenters. The zero-order valence-electron chi connectivity index (χ0n) is 22.5. The Bertz CT molecular complexity index is 1750. The first-order valence-corrected chi connectivity index (χ1v) is 13.7. The second-order valence-corrected chi connectivity index (χ2v) is 11.6. The van der Waals surface area contributed by atoms with Gasteiger partial charge in [0, 0.05) is 33.2 Å². The third kappa shape index (κ3) is 4.58. The molecule has 44 heavy (non-hydrogen) atoms. The summed E-state index contributed by atoms with van der Waals surface area (Å²) in [6.07, 6.45) is -7.97. The highest BCUT2D eigenvalue weighted by atomic mass is 35.5. The second kappa shape index (κ2) is 9.91. The van der Waals surface area contributed by atoms with Crippen LogP contribution in [0, 0.1) is 17.8 Å². The van der Waals surface area contributed by atoms with Gasteiger partial charge in [-0.05, 0) is 68.2 Å². The van der Waals surface area contributed by atoms with Gasteiger partial charge in [-0.15, -0.1) is 0 Å². The van der Waals surface area contributed by atoms with Gasteiger partial charge in [0.15, 0.2) is 11.6 Å². The van der Waals surface area contributed by atoms with Gasteiger partial charge in [-0.2, -0.15) is 26.3 Å². The maximum atomic E-state index is 13.9. The number of hydrogen-bond donors (Lipinski definition) is 1. The molecule has 228 valence electrons. The minimum atomic E-state index is -5.21. The smallest absolute Gasteiger partial charge is 0.416 e. The number of aromatic hydroxyl groups is 1. The lowest BCUT2D eigenvalue weighted by Gasteiger charge is -2.42. The lowest BCUT2D eigenvalue weighted by molar-refractivity contribution is -0.143. The third-order valence-electron chi connectivity index (χ3n) is 8.69. The highest BCUT2D eigenvalue weighted by Gasteiger charge is 2.57. The summed E-state index contributed by atoms with van der Waals surface area (Å²) in [5, 5.41) is 11.0. The van der Waals surface area contributed by atoms with Crippen LogP contribution in [0.2, 0.25) is 5.02 Å². The normalized spacial score (nSPS) is 25.5. The number of Topliss-reactive ketones (excluding diaryl/α,β-unsaturated/α-hetero) is 1. The SMILES string of the molecule is CC1=CC(=O)C2=C(C[C@@H]3C(=CC[C@@H]4C(=O)N(c5cc(C(F)(F)F)cc(C(F)(F)F)c5)C(=O)[C@@H]43)[C@@H]2c2cc(Cl)ccc2O)C1=O. The number of carbonyl (C=O) groups is 4. The Hall–Kier alpha value is -4.19. The molecule has 0 radical (unpaired) electrons. The first-order valence-electron chi connectivity index (χ1n) is 13.3. The van der Waals surface area contributed by atoms with Crippen molar-refractivity contribution in [2.24, 2.45) is 17.8 Å². The Morgan fingerprint density at radius 2 is 1.52 bits per heavy atom. The van der Waals surface area contributed by atoms with Crippen LogP contribution in [0.5, 0.6) is 5.75 Å². The minimum Gasteiger partial charge on any atom is -0.508 e. The molecule has 0 aromatic heterocycles. The summed E-state index contributed by atoms with van der Waals surface area (Å²) >= 11 is 6.21. The molecule has 3 aliphatic carbocycles. The quantitative estimate of drug-likeness (QED) is 0.171. The van der Waals surface area contributed by atoms with Gasteiger partial charge in [-0.25, -0.2) is 4.90 Å². The standard InChI is InChI=1S/C31H20ClF6NO5/c1-12-6-23(41)26-21(27(12)42)11-19-17(24(26)20-10-15(32)2-5-22(20)40)3-4-18-25(19)29(44)39(28(18)43)16-8-13(30(33,34)35)7-14(9-16)31(36,37)38/h2-3,5-10,18-19,24-25,40H,4,11H2,1H3/t18-,19+,24+,25-/m0/s1. The van der Waals surface area contributed by atoms with Gasteiger partial charge in [0.25, 0.3) is 0 Å². The number of anilines is 1. The van der Waals surface area contributed by atoms with Crippen LogP contribution in [0.15, 0.2) is 70.8 Å². The monoisotopic (exact) mass is 635 g/mol. The molecule has 1 heterocycles. The Morgan fingerprint density at radius 3 is 2.14 bits per heavy atom. The van der Waals surface area contributed by atoms with E-state index in [0.29, 0.717) is 22.6 Å². The molecule has 2 aromatic carbocycles. The molecule has 1 N–H and O–H groups in total. The zero-order chi connectivity index (χ0) is 32.0. The number of carbonyl (C=O) groups excluding carboxylic acids is 4. The van der Waals surface area contributed by atoms with Crippen LogP contribution in [-0.4, -0.2) is 28.5 Å². The van der Waals surface area contributed by atoms with Crippen LogP contribution in [0.25, 0.3) is 0 Å². The number of allylic oxidation sites excluding steroid dienone is 6. The lowest BCUT2D eigenvalue weighted by Crippen LogP contribution is -2.39. The van der Waals surface area contributed by atoms with Gasteiger partial charge >= 0.3 is 12.4 Å². The van der Waals surface area contributed by atoms with E-state index in [-0.39, 0.29) is 52.0 Å². The number of nitrogens with zero attached hydrogens (tertiary/aromatic N) is 1. The van der Waals surface area contributed by atoms with E-state index in [1.54, 1.807) is 6.08 Å². The van der Waals surface area contributed by atoms with E-state index in [9.17, 15) is 50.6 Å². The third-order valence-corrected chi connectivity index (χ3v) is 8.93. The van der Waals surface area contributed by atoms with Crippen molar-refractivity contribution < 1.29 is 50.6 Å². The Balaban J connectivity index is 1.49. The van der Waals surface area contributed by atoms with Crippen LogP contribution < -0.4 is 4.90 Å². The van der Waals surface area contributed by atoms with Gasteiger partial charge < -0.3 is 5.11 Å². The Morgan fingerprint density at radius 1 is 0.886 bits per heavy atom. The first kappa shape index (κ1) is 29.9. The topological polar surface area (TPSA) is 91.8 Å².